The Kier molecular flexibility index (Phi) is 6.89. The highest BCUT2D eigenvalue weighted by Crippen LogP contribution is 2.33. The molecule has 3 aromatic rings. The molecule has 29 heavy (non-hydrogen) atoms. The van der Waals surface area contributed by atoms with E-state index in [1.54, 1.807) is 24.3 Å². The zero-order chi connectivity index (χ0) is 21.0. The van der Waals surface area contributed by atoms with E-state index in [0.29, 0.717) is 33.6 Å². The van der Waals surface area contributed by atoms with Gasteiger partial charge in [0.2, 0.25) is 5.91 Å². The average Bonchev–Trinajstić information content (AvgIpc) is 3.24. The number of nitrogens with zero attached hydrogens (tertiary/aromatic N) is 1. The first-order valence-electron chi connectivity index (χ1n) is 8.67. The standard InChI is InChI=1S/C20H19ClN2O4S2/c1-11-12(2)29-19(18(11)20(25)26-3)23-16(24)8-14-10-28-17(22-14)9-27-15-6-4-13(21)5-7-15/h4-7,10H,8-9H2,1-3H3,(H,23,24). The molecule has 0 unspecified atom stereocenters. The predicted octanol–water partition coefficient (Wildman–Crippen LogP) is 5.02. The van der Waals surface area contributed by atoms with Crippen molar-refractivity contribution < 1.29 is 19.1 Å². The summed E-state index contributed by atoms with van der Waals surface area (Å²) in [7, 11) is 1.32. The van der Waals surface area contributed by atoms with Gasteiger partial charge in [-0.1, -0.05) is 11.6 Å². The molecule has 0 aliphatic rings. The maximum absolute atomic E-state index is 12.5. The lowest BCUT2D eigenvalue weighted by atomic mass is 10.1. The van der Waals surface area contributed by atoms with Crippen LogP contribution in [0.3, 0.4) is 0 Å². The van der Waals surface area contributed by atoms with Crippen LogP contribution >= 0.6 is 34.3 Å². The van der Waals surface area contributed by atoms with Crippen molar-refractivity contribution in [2.45, 2.75) is 26.9 Å². The fourth-order valence-electron chi connectivity index (χ4n) is 2.57. The third-order valence-electron chi connectivity index (χ3n) is 4.14. The molecule has 9 heteroatoms. The average molecular weight is 451 g/mol. The van der Waals surface area contributed by atoms with Crippen LogP contribution in [0.15, 0.2) is 29.6 Å². The molecule has 3 rings (SSSR count). The van der Waals surface area contributed by atoms with Crippen molar-refractivity contribution in [3.05, 3.63) is 61.4 Å². The molecule has 0 atom stereocenters. The van der Waals surface area contributed by atoms with Crippen molar-refractivity contribution in [2.24, 2.45) is 0 Å². The summed E-state index contributed by atoms with van der Waals surface area (Å²) in [5.41, 5.74) is 1.86. The van der Waals surface area contributed by atoms with E-state index in [1.165, 1.54) is 29.8 Å². The number of aryl methyl sites for hydroxylation is 1. The number of rotatable bonds is 7. The number of thiazole rings is 1. The number of thiophene rings is 1. The number of nitrogens with one attached hydrogen (secondary N) is 1. The highest BCUT2D eigenvalue weighted by molar-refractivity contribution is 7.16. The molecule has 0 radical (unpaired) electrons. The third kappa shape index (κ3) is 5.35. The van der Waals surface area contributed by atoms with Crippen LogP contribution in [-0.4, -0.2) is 24.0 Å². The predicted molar refractivity (Wildman–Crippen MR) is 115 cm³/mol. The minimum absolute atomic E-state index is 0.105. The summed E-state index contributed by atoms with van der Waals surface area (Å²) >= 11 is 8.64. The summed E-state index contributed by atoms with van der Waals surface area (Å²) in [4.78, 5) is 29.9. The summed E-state index contributed by atoms with van der Waals surface area (Å²) in [5, 5.41) is 6.54. The number of benzene rings is 1. The monoisotopic (exact) mass is 450 g/mol. The second-order valence-corrected chi connectivity index (χ2v) is 8.78. The van der Waals surface area contributed by atoms with Crippen molar-refractivity contribution >= 4 is 51.2 Å². The van der Waals surface area contributed by atoms with E-state index in [4.69, 9.17) is 21.1 Å². The van der Waals surface area contributed by atoms with Crippen molar-refractivity contribution in [1.29, 1.82) is 0 Å². The van der Waals surface area contributed by atoms with Gasteiger partial charge < -0.3 is 14.8 Å². The second kappa shape index (κ2) is 9.39. The van der Waals surface area contributed by atoms with Gasteiger partial charge in [0.1, 0.15) is 22.4 Å². The van der Waals surface area contributed by atoms with E-state index in [0.717, 1.165) is 15.4 Å². The number of amides is 1. The second-order valence-electron chi connectivity index (χ2n) is 6.18. The molecule has 0 aliphatic heterocycles. The first kappa shape index (κ1) is 21.3. The number of carbonyl (C=O) groups is 2. The van der Waals surface area contributed by atoms with Crippen LogP contribution in [0.1, 0.15) is 31.5 Å². The lowest BCUT2D eigenvalue weighted by Crippen LogP contribution is -2.16. The molecule has 0 bridgehead atoms. The highest BCUT2D eigenvalue weighted by Gasteiger charge is 2.21. The van der Waals surface area contributed by atoms with Gasteiger partial charge in [-0.2, -0.15) is 0 Å². The van der Waals surface area contributed by atoms with Gasteiger partial charge in [-0.25, -0.2) is 9.78 Å². The van der Waals surface area contributed by atoms with E-state index < -0.39 is 5.97 Å². The van der Waals surface area contributed by atoms with Gasteiger partial charge in [0.15, 0.2) is 0 Å². The van der Waals surface area contributed by atoms with E-state index in [2.05, 4.69) is 10.3 Å². The number of aromatic nitrogens is 1. The Morgan fingerprint density at radius 1 is 1.21 bits per heavy atom. The molecular formula is C20H19ClN2O4S2. The zero-order valence-corrected chi connectivity index (χ0v) is 18.5. The Morgan fingerprint density at radius 2 is 1.93 bits per heavy atom. The summed E-state index contributed by atoms with van der Waals surface area (Å²) in [6.07, 6.45) is 0.105. The zero-order valence-electron chi connectivity index (χ0n) is 16.1. The Hall–Kier alpha value is -2.42. The molecule has 0 spiro atoms. The summed E-state index contributed by atoms with van der Waals surface area (Å²) in [6, 6.07) is 7.08. The first-order valence-corrected chi connectivity index (χ1v) is 10.7. The molecule has 6 nitrogen and oxygen atoms in total. The van der Waals surface area contributed by atoms with Crippen LogP contribution in [0.2, 0.25) is 5.02 Å². The van der Waals surface area contributed by atoms with Crippen LogP contribution in [0.25, 0.3) is 0 Å². The Bertz CT molecular complexity index is 1030. The van der Waals surface area contributed by atoms with Crippen LogP contribution < -0.4 is 10.1 Å². The quantitative estimate of drug-likeness (QED) is 0.511. The van der Waals surface area contributed by atoms with E-state index in [1.807, 2.05) is 19.2 Å². The summed E-state index contributed by atoms with van der Waals surface area (Å²) in [5.74, 6) is -0.00742. The van der Waals surface area contributed by atoms with Gasteiger partial charge in [0, 0.05) is 15.3 Å². The number of esters is 1. The topological polar surface area (TPSA) is 77.5 Å². The van der Waals surface area contributed by atoms with Gasteiger partial charge in [0.05, 0.1) is 24.8 Å². The maximum Gasteiger partial charge on any atom is 0.341 e. The third-order valence-corrected chi connectivity index (χ3v) is 6.39. The van der Waals surface area contributed by atoms with Crippen LogP contribution in [0, 0.1) is 13.8 Å². The molecule has 0 aliphatic carbocycles. The van der Waals surface area contributed by atoms with Crippen molar-refractivity contribution in [3.63, 3.8) is 0 Å². The molecule has 0 saturated carbocycles. The fourth-order valence-corrected chi connectivity index (χ4v) is 4.47. The fraction of sp³-hybridized carbons (Fsp3) is 0.250. The molecular weight excluding hydrogens is 432 g/mol. The lowest BCUT2D eigenvalue weighted by Gasteiger charge is -2.05. The minimum Gasteiger partial charge on any atom is -0.486 e. The molecule has 0 fully saturated rings. The van der Waals surface area contributed by atoms with Crippen LogP contribution in [0.4, 0.5) is 5.00 Å². The number of ether oxygens (including phenoxy) is 2. The number of anilines is 1. The summed E-state index contributed by atoms with van der Waals surface area (Å²) in [6.45, 7) is 4.04. The smallest absolute Gasteiger partial charge is 0.341 e. The molecule has 0 saturated heterocycles. The maximum atomic E-state index is 12.5. The molecule has 1 amide bonds. The Labute approximate surface area is 181 Å². The van der Waals surface area contributed by atoms with Crippen LogP contribution in [-0.2, 0) is 22.6 Å². The molecule has 1 N–H and O–H groups in total. The van der Waals surface area contributed by atoms with Crippen molar-refractivity contribution in [3.8, 4) is 5.75 Å². The van der Waals surface area contributed by atoms with Gasteiger partial charge in [-0.3, -0.25) is 4.79 Å². The molecule has 2 aromatic heterocycles. The van der Waals surface area contributed by atoms with E-state index in [-0.39, 0.29) is 12.3 Å². The Balaban J connectivity index is 1.60. The van der Waals surface area contributed by atoms with Gasteiger partial charge in [-0.15, -0.1) is 22.7 Å². The normalized spacial score (nSPS) is 10.6. The highest BCUT2D eigenvalue weighted by atomic mass is 35.5. The largest absolute Gasteiger partial charge is 0.486 e. The van der Waals surface area contributed by atoms with E-state index in [9.17, 15) is 9.59 Å². The number of carbonyl (C=O) groups excluding carboxylic acids is 2. The minimum atomic E-state index is -0.461. The number of hydrogen-bond acceptors (Lipinski definition) is 7. The van der Waals surface area contributed by atoms with Crippen molar-refractivity contribution in [2.75, 3.05) is 12.4 Å². The van der Waals surface area contributed by atoms with Crippen molar-refractivity contribution in [1.82, 2.24) is 4.98 Å². The molecule has 1 aromatic carbocycles. The number of hydrogen-bond donors (Lipinski definition) is 1. The molecule has 152 valence electrons. The van der Waals surface area contributed by atoms with Gasteiger partial charge in [0.25, 0.3) is 0 Å². The number of halogens is 1. The van der Waals surface area contributed by atoms with E-state index >= 15 is 0 Å². The van der Waals surface area contributed by atoms with Gasteiger partial charge in [-0.05, 0) is 43.7 Å². The van der Waals surface area contributed by atoms with Crippen LogP contribution in [0.5, 0.6) is 5.75 Å². The summed E-state index contributed by atoms with van der Waals surface area (Å²) < 4.78 is 10.5. The molecule has 2 heterocycles. The lowest BCUT2D eigenvalue weighted by molar-refractivity contribution is -0.115. The van der Waals surface area contributed by atoms with Gasteiger partial charge >= 0.3 is 5.97 Å². The first-order chi connectivity index (χ1) is 13.9. The Morgan fingerprint density at radius 3 is 2.62 bits per heavy atom. The number of methoxy groups -OCH3 is 1. The SMILES string of the molecule is COC(=O)c1c(NC(=O)Cc2csc(COc3ccc(Cl)cc3)n2)sc(C)c1C.